The van der Waals surface area contributed by atoms with E-state index in [2.05, 4.69) is 31.4 Å². The Hall–Kier alpha value is -3.02. The van der Waals surface area contributed by atoms with Crippen LogP contribution in [0, 0.1) is 11.8 Å². The van der Waals surface area contributed by atoms with Crippen LogP contribution in [0.4, 0.5) is 11.4 Å². The van der Waals surface area contributed by atoms with E-state index in [-0.39, 0.29) is 29.1 Å². The maximum absolute atomic E-state index is 12.5. The highest BCUT2D eigenvalue weighted by Gasteiger charge is 2.48. The third-order valence-corrected chi connectivity index (χ3v) is 5.15. The Morgan fingerprint density at radius 2 is 1.52 bits per heavy atom. The molecule has 2 aromatic rings. The second-order valence-electron chi connectivity index (χ2n) is 8.32. The van der Waals surface area contributed by atoms with E-state index in [0.29, 0.717) is 23.6 Å². The van der Waals surface area contributed by atoms with Gasteiger partial charge in [0, 0.05) is 11.8 Å². The third-order valence-electron chi connectivity index (χ3n) is 5.15. The molecule has 0 radical (unpaired) electrons. The first-order chi connectivity index (χ1) is 13.7. The molecule has 1 fully saturated rings. The summed E-state index contributed by atoms with van der Waals surface area (Å²) < 4.78 is 10.5. The number of methoxy groups -OCH3 is 2. The van der Waals surface area contributed by atoms with Gasteiger partial charge in [-0.3, -0.25) is 9.59 Å². The van der Waals surface area contributed by atoms with Gasteiger partial charge in [0.2, 0.25) is 11.8 Å². The van der Waals surface area contributed by atoms with Crippen molar-refractivity contribution in [2.24, 2.45) is 11.8 Å². The van der Waals surface area contributed by atoms with Gasteiger partial charge in [0.15, 0.2) is 0 Å². The molecule has 0 aliphatic heterocycles. The number of carbonyl (C=O) groups excluding carboxylic acids is 2. The van der Waals surface area contributed by atoms with Crippen LogP contribution in [0.1, 0.15) is 32.8 Å². The lowest BCUT2D eigenvalue weighted by Crippen LogP contribution is -2.21. The molecule has 2 aromatic carbocycles. The average molecular weight is 396 g/mol. The van der Waals surface area contributed by atoms with Gasteiger partial charge >= 0.3 is 0 Å². The van der Waals surface area contributed by atoms with E-state index in [9.17, 15) is 9.59 Å². The van der Waals surface area contributed by atoms with Gasteiger partial charge in [0.05, 0.1) is 31.7 Å². The number of nitrogens with one attached hydrogen (secondary N) is 2. The van der Waals surface area contributed by atoms with Gasteiger partial charge in [-0.25, -0.2) is 0 Å². The second-order valence-corrected chi connectivity index (χ2v) is 8.32. The number of anilines is 2. The molecule has 3 rings (SSSR count). The monoisotopic (exact) mass is 396 g/mol. The van der Waals surface area contributed by atoms with Gasteiger partial charge < -0.3 is 20.1 Å². The molecule has 6 heteroatoms. The summed E-state index contributed by atoms with van der Waals surface area (Å²) in [6.07, 6.45) is 0.538. The minimum absolute atomic E-state index is 0.0602. The van der Waals surface area contributed by atoms with Crippen molar-refractivity contribution in [1.29, 1.82) is 0 Å². The molecule has 0 saturated heterocycles. The summed E-state index contributed by atoms with van der Waals surface area (Å²) in [5.74, 6) is 0.184. The quantitative estimate of drug-likeness (QED) is 0.767. The molecule has 2 unspecified atom stereocenters. The Balaban J connectivity index is 1.57. The summed E-state index contributed by atoms with van der Waals surface area (Å²) in [4.78, 5) is 25.0. The molecular weight excluding hydrogens is 368 g/mol. The maximum Gasteiger partial charge on any atom is 0.228 e. The Morgan fingerprint density at radius 1 is 0.897 bits per heavy atom. The fourth-order valence-corrected chi connectivity index (χ4v) is 3.19. The van der Waals surface area contributed by atoms with E-state index in [1.54, 1.807) is 25.3 Å². The Kier molecular flexibility index (Phi) is 5.82. The van der Waals surface area contributed by atoms with E-state index >= 15 is 0 Å². The van der Waals surface area contributed by atoms with E-state index in [4.69, 9.17) is 9.47 Å². The molecule has 2 amide bonds. The highest BCUT2D eigenvalue weighted by Crippen LogP contribution is 2.41. The smallest absolute Gasteiger partial charge is 0.228 e. The standard InChI is InChI=1S/C23H28N2O4/c1-23(2,3)14-6-8-15(9-7-14)24-21(26)17-13-18(17)22(27)25-19-11-10-16(28-4)12-20(19)29-5/h6-12,17-18H,13H2,1-5H3,(H,24,26)(H,25,27). The first-order valence-electron chi connectivity index (χ1n) is 9.67. The second kappa shape index (κ2) is 8.15. The van der Waals surface area contributed by atoms with Crippen molar-refractivity contribution in [3.05, 3.63) is 48.0 Å². The SMILES string of the molecule is COc1ccc(NC(=O)C2CC2C(=O)Nc2ccc(C(C)(C)C)cc2)c(OC)c1. The molecule has 1 aliphatic carbocycles. The molecule has 0 heterocycles. The minimum atomic E-state index is -0.337. The lowest BCUT2D eigenvalue weighted by molar-refractivity contribution is -0.122. The normalized spacial score (nSPS) is 18.0. The molecule has 6 nitrogen and oxygen atoms in total. The molecular formula is C23H28N2O4. The zero-order valence-corrected chi connectivity index (χ0v) is 17.5. The van der Waals surface area contributed by atoms with Crippen molar-refractivity contribution >= 4 is 23.2 Å². The molecule has 2 N–H and O–H groups in total. The average Bonchev–Trinajstić information content (AvgIpc) is 3.49. The third kappa shape index (κ3) is 4.88. The van der Waals surface area contributed by atoms with Gasteiger partial charge in [-0.15, -0.1) is 0 Å². The maximum atomic E-state index is 12.5. The number of carbonyl (C=O) groups is 2. The van der Waals surface area contributed by atoms with Crippen LogP contribution < -0.4 is 20.1 Å². The van der Waals surface area contributed by atoms with Crippen LogP contribution >= 0.6 is 0 Å². The van der Waals surface area contributed by atoms with Crippen LogP contribution in [0.5, 0.6) is 11.5 Å². The van der Waals surface area contributed by atoms with E-state index < -0.39 is 0 Å². The molecule has 1 saturated carbocycles. The van der Waals surface area contributed by atoms with Crippen molar-refractivity contribution in [2.75, 3.05) is 24.9 Å². The van der Waals surface area contributed by atoms with Crippen LogP contribution in [0.15, 0.2) is 42.5 Å². The summed E-state index contributed by atoms with van der Waals surface area (Å²) in [5, 5.41) is 5.76. The highest BCUT2D eigenvalue weighted by molar-refractivity contribution is 6.03. The van der Waals surface area contributed by atoms with Crippen molar-refractivity contribution in [3.63, 3.8) is 0 Å². The zero-order valence-electron chi connectivity index (χ0n) is 17.5. The fourth-order valence-electron chi connectivity index (χ4n) is 3.19. The molecule has 0 spiro atoms. The molecule has 1 aliphatic rings. The zero-order chi connectivity index (χ0) is 21.2. The summed E-state index contributed by atoms with van der Waals surface area (Å²) in [7, 11) is 3.10. The first kappa shape index (κ1) is 20.7. The van der Waals surface area contributed by atoms with Crippen LogP contribution in [0.2, 0.25) is 0 Å². The van der Waals surface area contributed by atoms with Crippen molar-refractivity contribution < 1.29 is 19.1 Å². The van der Waals surface area contributed by atoms with E-state index in [0.717, 1.165) is 5.69 Å². The largest absolute Gasteiger partial charge is 0.497 e. The van der Waals surface area contributed by atoms with Crippen LogP contribution in [-0.2, 0) is 15.0 Å². The number of hydrogen-bond acceptors (Lipinski definition) is 4. The van der Waals surface area contributed by atoms with Gasteiger partial charge in [-0.2, -0.15) is 0 Å². The predicted octanol–water partition coefficient (Wildman–Crippen LogP) is 4.21. The fraction of sp³-hybridized carbons (Fsp3) is 0.391. The summed E-state index contributed by atoms with van der Waals surface area (Å²) in [6, 6.07) is 13.0. The lowest BCUT2D eigenvalue weighted by atomic mass is 9.87. The van der Waals surface area contributed by atoms with Crippen molar-refractivity contribution in [2.45, 2.75) is 32.6 Å². The van der Waals surface area contributed by atoms with Crippen LogP contribution in [0.3, 0.4) is 0 Å². The van der Waals surface area contributed by atoms with Gasteiger partial charge in [0.1, 0.15) is 11.5 Å². The summed E-state index contributed by atoms with van der Waals surface area (Å²) in [5.41, 5.74) is 2.56. The minimum Gasteiger partial charge on any atom is -0.497 e. The molecule has 0 bridgehead atoms. The molecule has 2 atom stereocenters. The molecule has 29 heavy (non-hydrogen) atoms. The summed E-state index contributed by atoms with van der Waals surface area (Å²) >= 11 is 0. The number of amides is 2. The first-order valence-corrected chi connectivity index (χ1v) is 9.67. The van der Waals surface area contributed by atoms with E-state index in [1.807, 2.05) is 24.3 Å². The Labute approximate surface area is 171 Å². The van der Waals surface area contributed by atoms with Gasteiger partial charge in [-0.05, 0) is 41.7 Å². The predicted molar refractivity (Wildman–Crippen MR) is 114 cm³/mol. The van der Waals surface area contributed by atoms with Gasteiger partial charge in [0.25, 0.3) is 0 Å². The number of rotatable bonds is 6. The molecule has 154 valence electrons. The van der Waals surface area contributed by atoms with Crippen LogP contribution in [-0.4, -0.2) is 26.0 Å². The van der Waals surface area contributed by atoms with Crippen molar-refractivity contribution in [3.8, 4) is 11.5 Å². The highest BCUT2D eigenvalue weighted by atomic mass is 16.5. The lowest BCUT2D eigenvalue weighted by Gasteiger charge is -2.19. The topological polar surface area (TPSA) is 76.7 Å². The summed E-state index contributed by atoms with van der Waals surface area (Å²) in [6.45, 7) is 6.43. The van der Waals surface area contributed by atoms with Crippen molar-refractivity contribution in [1.82, 2.24) is 0 Å². The Bertz CT molecular complexity index is 900. The molecule has 0 aromatic heterocycles. The van der Waals surface area contributed by atoms with Crippen LogP contribution in [0.25, 0.3) is 0 Å². The number of hydrogen-bond donors (Lipinski definition) is 2. The Morgan fingerprint density at radius 3 is 2.07 bits per heavy atom. The number of ether oxygens (including phenoxy) is 2. The number of benzene rings is 2. The van der Waals surface area contributed by atoms with Gasteiger partial charge in [-0.1, -0.05) is 32.9 Å². The van der Waals surface area contributed by atoms with E-state index in [1.165, 1.54) is 12.7 Å².